The van der Waals surface area contributed by atoms with Crippen LogP contribution in [-0.4, -0.2) is 5.78 Å². The van der Waals surface area contributed by atoms with Gasteiger partial charge in [-0.05, 0) is 51.0 Å². The van der Waals surface area contributed by atoms with Crippen LogP contribution in [0, 0.1) is 0 Å². The van der Waals surface area contributed by atoms with Gasteiger partial charge in [-0.3, -0.25) is 4.79 Å². The molecule has 0 saturated heterocycles. The lowest BCUT2D eigenvalue weighted by Crippen LogP contribution is -2.13. The minimum atomic E-state index is -0.491. The van der Waals surface area contributed by atoms with E-state index in [1.165, 1.54) is 0 Å². The maximum absolute atomic E-state index is 12.7. The fraction of sp³-hybridized carbons (Fsp3) is 0.0476. The molecule has 0 fully saturated rings. The van der Waals surface area contributed by atoms with E-state index < -0.39 is 5.63 Å². The molecule has 0 aliphatic heterocycles. The summed E-state index contributed by atoms with van der Waals surface area (Å²) in [5.41, 5.74) is 0.911. The molecule has 0 aliphatic rings. The van der Waals surface area contributed by atoms with Gasteiger partial charge >= 0.3 is 5.63 Å². The van der Waals surface area contributed by atoms with E-state index in [2.05, 4.69) is 31.9 Å². The highest BCUT2D eigenvalue weighted by Crippen LogP contribution is 2.28. The predicted molar refractivity (Wildman–Crippen MR) is 110 cm³/mol. The standard InChI is InChI=1S/C21H12Br2O3/c22-17-9-15-8-16(21(25)26-20(15)18(23)11-17)10-19(24)14-6-5-12-3-1-2-4-13(12)7-14/h1-9,11H,10H2. The summed E-state index contributed by atoms with van der Waals surface area (Å²) < 4.78 is 6.96. The van der Waals surface area contributed by atoms with Crippen molar-refractivity contribution in [3.8, 4) is 0 Å². The van der Waals surface area contributed by atoms with Gasteiger partial charge in [-0.15, -0.1) is 0 Å². The van der Waals surface area contributed by atoms with Crippen LogP contribution in [0.1, 0.15) is 15.9 Å². The van der Waals surface area contributed by atoms with Crippen molar-refractivity contribution in [2.75, 3.05) is 0 Å². The Kier molecular flexibility index (Phi) is 4.51. The molecule has 0 spiro atoms. The smallest absolute Gasteiger partial charge is 0.339 e. The monoisotopic (exact) mass is 470 g/mol. The Morgan fingerprint density at radius 3 is 2.46 bits per heavy atom. The van der Waals surface area contributed by atoms with E-state index in [4.69, 9.17) is 4.42 Å². The van der Waals surface area contributed by atoms with Crippen LogP contribution in [0.3, 0.4) is 0 Å². The zero-order valence-corrected chi connectivity index (χ0v) is 16.6. The average Bonchev–Trinajstić information content (AvgIpc) is 2.62. The second-order valence-corrected chi connectivity index (χ2v) is 7.80. The van der Waals surface area contributed by atoms with E-state index >= 15 is 0 Å². The number of hydrogen-bond donors (Lipinski definition) is 0. The Balaban J connectivity index is 1.72. The summed E-state index contributed by atoms with van der Waals surface area (Å²) in [6, 6.07) is 18.8. The van der Waals surface area contributed by atoms with E-state index in [1.54, 1.807) is 12.1 Å². The van der Waals surface area contributed by atoms with E-state index in [0.29, 0.717) is 21.2 Å². The van der Waals surface area contributed by atoms with Gasteiger partial charge in [0.05, 0.1) is 4.47 Å². The Morgan fingerprint density at radius 1 is 0.885 bits per heavy atom. The zero-order valence-electron chi connectivity index (χ0n) is 13.5. The number of hydrogen-bond acceptors (Lipinski definition) is 3. The summed E-state index contributed by atoms with van der Waals surface area (Å²) in [6.45, 7) is 0. The first kappa shape index (κ1) is 17.2. The van der Waals surface area contributed by atoms with Gasteiger partial charge in [0.2, 0.25) is 0 Å². The third-order valence-electron chi connectivity index (χ3n) is 4.25. The minimum absolute atomic E-state index is 0.000740. The quantitative estimate of drug-likeness (QED) is 0.276. The van der Waals surface area contributed by atoms with Crippen molar-refractivity contribution in [1.82, 2.24) is 0 Å². The van der Waals surface area contributed by atoms with Crippen molar-refractivity contribution >= 4 is 59.4 Å². The third kappa shape index (κ3) is 3.24. The van der Waals surface area contributed by atoms with Crippen LogP contribution in [0.4, 0.5) is 0 Å². The predicted octanol–water partition coefficient (Wildman–Crippen LogP) is 5.90. The minimum Gasteiger partial charge on any atom is -0.421 e. The molecule has 0 N–H and O–H groups in total. The highest BCUT2D eigenvalue weighted by molar-refractivity contribution is 9.11. The highest BCUT2D eigenvalue weighted by Gasteiger charge is 2.14. The highest BCUT2D eigenvalue weighted by atomic mass is 79.9. The molecule has 1 aromatic heterocycles. The number of ketones is 1. The Labute approximate surface area is 165 Å². The Morgan fingerprint density at radius 2 is 1.65 bits per heavy atom. The van der Waals surface area contributed by atoms with Crippen molar-refractivity contribution in [1.29, 1.82) is 0 Å². The molecule has 0 radical (unpaired) electrons. The summed E-state index contributed by atoms with van der Waals surface area (Å²) in [5.74, 6) is -0.114. The van der Waals surface area contributed by atoms with E-state index in [1.807, 2.05) is 48.5 Å². The normalized spacial score (nSPS) is 11.2. The fourth-order valence-corrected chi connectivity index (χ4v) is 4.30. The molecule has 0 unspecified atom stereocenters. The number of fused-ring (bicyclic) bond motifs is 2. The molecule has 128 valence electrons. The summed E-state index contributed by atoms with van der Waals surface area (Å²) in [6.07, 6.45) is 0.000740. The molecular formula is C21H12Br2O3. The topological polar surface area (TPSA) is 47.3 Å². The summed E-state index contributed by atoms with van der Waals surface area (Å²) in [5, 5.41) is 2.83. The van der Waals surface area contributed by atoms with Crippen molar-refractivity contribution in [3.05, 3.63) is 91.2 Å². The van der Waals surface area contributed by atoms with Gasteiger partial charge in [0.15, 0.2) is 11.4 Å². The van der Waals surface area contributed by atoms with E-state index in [9.17, 15) is 9.59 Å². The molecule has 4 rings (SSSR count). The number of rotatable bonds is 3. The van der Waals surface area contributed by atoms with Gasteiger partial charge in [-0.25, -0.2) is 4.79 Å². The van der Waals surface area contributed by atoms with Gasteiger partial charge in [0.25, 0.3) is 0 Å². The lowest BCUT2D eigenvalue weighted by atomic mass is 10.0. The lowest BCUT2D eigenvalue weighted by Gasteiger charge is -2.05. The first-order valence-corrected chi connectivity index (χ1v) is 9.53. The summed E-state index contributed by atoms with van der Waals surface area (Å²) in [4.78, 5) is 25.0. The van der Waals surface area contributed by atoms with Crippen molar-refractivity contribution in [3.63, 3.8) is 0 Å². The number of Topliss-reactive ketones (excluding diaryl/α,β-unsaturated/α-hetero) is 1. The fourth-order valence-electron chi connectivity index (χ4n) is 2.96. The Hall–Kier alpha value is -2.24. The number of carbonyl (C=O) groups is 1. The van der Waals surface area contributed by atoms with Crippen LogP contribution in [0.5, 0.6) is 0 Å². The molecule has 4 aromatic rings. The van der Waals surface area contributed by atoms with Gasteiger partial charge in [-0.1, -0.05) is 52.3 Å². The zero-order chi connectivity index (χ0) is 18.3. The second kappa shape index (κ2) is 6.82. The first-order chi connectivity index (χ1) is 12.5. The van der Waals surface area contributed by atoms with E-state index in [0.717, 1.165) is 20.6 Å². The van der Waals surface area contributed by atoms with Crippen LogP contribution in [0.25, 0.3) is 21.7 Å². The van der Waals surface area contributed by atoms with Crippen molar-refractivity contribution in [2.24, 2.45) is 0 Å². The molecular weight excluding hydrogens is 460 g/mol. The van der Waals surface area contributed by atoms with Gasteiger partial charge in [0, 0.05) is 27.4 Å². The van der Waals surface area contributed by atoms with Crippen LogP contribution >= 0.6 is 31.9 Å². The SMILES string of the molecule is O=C(Cc1cc2cc(Br)cc(Br)c2oc1=O)c1ccc2ccccc2c1. The molecule has 0 bridgehead atoms. The molecule has 0 aliphatic carbocycles. The number of benzene rings is 3. The van der Waals surface area contributed by atoms with Crippen LogP contribution in [0.15, 0.2) is 78.8 Å². The van der Waals surface area contributed by atoms with Gasteiger partial charge in [0.1, 0.15) is 0 Å². The molecule has 1 heterocycles. The molecule has 0 amide bonds. The maximum atomic E-state index is 12.7. The van der Waals surface area contributed by atoms with Gasteiger partial charge < -0.3 is 4.42 Å². The molecule has 0 atom stereocenters. The van der Waals surface area contributed by atoms with Gasteiger partial charge in [-0.2, -0.15) is 0 Å². The first-order valence-electron chi connectivity index (χ1n) is 7.95. The van der Waals surface area contributed by atoms with Crippen LogP contribution in [-0.2, 0) is 6.42 Å². The molecule has 26 heavy (non-hydrogen) atoms. The molecule has 3 aromatic carbocycles. The van der Waals surface area contributed by atoms with Crippen molar-refractivity contribution < 1.29 is 9.21 Å². The largest absolute Gasteiger partial charge is 0.421 e. The van der Waals surface area contributed by atoms with Crippen LogP contribution in [0.2, 0.25) is 0 Å². The third-order valence-corrected chi connectivity index (χ3v) is 5.29. The Bertz CT molecular complexity index is 1230. The average molecular weight is 472 g/mol. The number of halogens is 2. The molecule has 5 heteroatoms. The van der Waals surface area contributed by atoms with Crippen LogP contribution < -0.4 is 5.63 Å². The maximum Gasteiger partial charge on any atom is 0.339 e. The molecule has 3 nitrogen and oxygen atoms in total. The summed E-state index contributed by atoms with van der Waals surface area (Å²) >= 11 is 6.81. The van der Waals surface area contributed by atoms with Crippen molar-refractivity contribution in [2.45, 2.75) is 6.42 Å². The molecule has 0 saturated carbocycles. The number of carbonyl (C=O) groups excluding carboxylic acids is 1. The lowest BCUT2D eigenvalue weighted by molar-refractivity contribution is 0.0992. The summed E-state index contributed by atoms with van der Waals surface area (Å²) in [7, 11) is 0. The second-order valence-electron chi connectivity index (χ2n) is 6.03. The van der Waals surface area contributed by atoms with E-state index in [-0.39, 0.29) is 12.2 Å².